The molecule has 0 atom stereocenters. The van der Waals surface area contributed by atoms with E-state index >= 15 is 0 Å². The maximum atomic E-state index is 6.01. The van der Waals surface area contributed by atoms with Crippen LogP contribution in [0.2, 0.25) is 0 Å². The number of rotatable bonds is 26. The predicted molar refractivity (Wildman–Crippen MR) is 139 cm³/mol. The molecular weight excluding hydrogens is 396 g/mol. The van der Waals surface area contributed by atoms with Gasteiger partial charge in [0.05, 0.1) is 31.8 Å². The largest absolute Gasteiger partial charge is 0.381 e. The van der Waals surface area contributed by atoms with Gasteiger partial charge in [0.15, 0.2) is 0 Å². The first-order valence-corrected chi connectivity index (χ1v) is 14.6. The Morgan fingerprint density at radius 3 is 1.06 bits per heavy atom. The summed E-state index contributed by atoms with van der Waals surface area (Å²) in [4.78, 5) is 0. The Hall–Kier alpha value is -0.120. The number of unbranched alkanes of at least 4 members (excludes halogenated alkanes) is 18. The first-order chi connectivity index (χ1) is 15.8. The Labute approximate surface area is 201 Å². The minimum absolute atomic E-state index is 0.136. The van der Waals surface area contributed by atoms with E-state index < -0.39 is 0 Å². The molecule has 0 aliphatic carbocycles. The van der Waals surface area contributed by atoms with Crippen molar-refractivity contribution < 1.29 is 14.2 Å². The zero-order valence-electron chi connectivity index (χ0n) is 22.1. The summed E-state index contributed by atoms with van der Waals surface area (Å²) in [5.41, 5.74) is 0.136. The Bertz CT molecular complexity index is 337. The SMILES string of the molecule is CCCCCCCCCCCCOCC1(COCCCCCCCCCCCC)COC1. The third-order valence-electron chi connectivity index (χ3n) is 6.92. The lowest BCUT2D eigenvalue weighted by Gasteiger charge is -2.40. The minimum atomic E-state index is 0.136. The first kappa shape index (κ1) is 29.9. The highest BCUT2D eigenvalue weighted by Gasteiger charge is 2.39. The number of hydrogen-bond donors (Lipinski definition) is 0. The molecule has 1 fully saturated rings. The van der Waals surface area contributed by atoms with Gasteiger partial charge in [0.25, 0.3) is 0 Å². The Morgan fingerprint density at radius 1 is 0.469 bits per heavy atom. The van der Waals surface area contributed by atoms with Crippen molar-refractivity contribution in [3.8, 4) is 0 Å². The summed E-state index contributed by atoms with van der Waals surface area (Å²) >= 11 is 0. The molecule has 0 unspecified atom stereocenters. The summed E-state index contributed by atoms with van der Waals surface area (Å²) < 4.78 is 17.5. The van der Waals surface area contributed by atoms with Crippen LogP contribution in [0.4, 0.5) is 0 Å². The fourth-order valence-electron chi connectivity index (χ4n) is 4.56. The molecule has 0 aromatic carbocycles. The van der Waals surface area contributed by atoms with Gasteiger partial charge >= 0.3 is 0 Å². The summed E-state index contributed by atoms with van der Waals surface area (Å²) in [5.74, 6) is 0. The lowest BCUT2D eigenvalue weighted by atomic mass is 9.88. The highest BCUT2D eigenvalue weighted by molar-refractivity contribution is 4.85. The van der Waals surface area contributed by atoms with E-state index in [1.54, 1.807) is 0 Å². The molecule has 0 spiro atoms. The molecule has 0 N–H and O–H groups in total. The molecule has 0 aromatic heterocycles. The van der Waals surface area contributed by atoms with Gasteiger partial charge in [0, 0.05) is 13.2 Å². The molecule has 1 heterocycles. The van der Waals surface area contributed by atoms with Gasteiger partial charge in [-0.2, -0.15) is 0 Å². The van der Waals surface area contributed by atoms with E-state index in [4.69, 9.17) is 14.2 Å². The van der Waals surface area contributed by atoms with Crippen LogP contribution in [0.1, 0.15) is 142 Å². The van der Waals surface area contributed by atoms with Crippen molar-refractivity contribution in [2.45, 2.75) is 142 Å². The monoisotopic (exact) mass is 454 g/mol. The zero-order chi connectivity index (χ0) is 23.0. The average Bonchev–Trinajstić information content (AvgIpc) is 2.78. The van der Waals surface area contributed by atoms with E-state index in [0.717, 1.165) is 39.6 Å². The highest BCUT2D eigenvalue weighted by atomic mass is 16.5. The maximum Gasteiger partial charge on any atom is 0.0637 e. The third kappa shape index (κ3) is 17.4. The summed E-state index contributed by atoms with van der Waals surface area (Å²) in [7, 11) is 0. The van der Waals surface area contributed by atoms with E-state index in [2.05, 4.69) is 13.8 Å². The Kier molecular flexibility index (Phi) is 21.2. The van der Waals surface area contributed by atoms with Crippen molar-refractivity contribution in [2.75, 3.05) is 39.6 Å². The van der Waals surface area contributed by atoms with Crippen molar-refractivity contribution in [3.05, 3.63) is 0 Å². The van der Waals surface area contributed by atoms with E-state index in [1.807, 2.05) is 0 Å². The van der Waals surface area contributed by atoms with Crippen molar-refractivity contribution >= 4 is 0 Å². The fourth-order valence-corrected chi connectivity index (χ4v) is 4.56. The van der Waals surface area contributed by atoms with E-state index in [0.29, 0.717) is 0 Å². The van der Waals surface area contributed by atoms with E-state index in [9.17, 15) is 0 Å². The van der Waals surface area contributed by atoms with Crippen LogP contribution in [0.5, 0.6) is 0 Å². The summed E-state index contributed by atoms with van der Waals surface area (Å²) in [5, 5.41) is 0. The molecule has 1 aliphatic rings. The average molecular weight is 455 g/mol. The second kappa shape index (κ2) is 22.7. The van der Waals surface area contributed by atoms with Gasteiger partial charge in [-0.05, 0) is 12.8 Å². The quantitative estimate of drug-likeness (QED) is 0.122. The maximum absolute atomic E-state index is 6.01. The van der Waals surface area contributed by atoms with Gasteiger partial charge < -0.3 is 14.2 Å². The molecular formula is C29H58O3. The van der Waals surface area contributed by atoms with Crippen LogP contribution in [-0.4, -0.2) is 39.6 Å². The van der Waals surface area contributed by atoms with Gasteiger partial charge in [0.2, 0.25) is 0 Å². The third-order valence-corrected chi connectivity index (χ3v) is 6.92. The fraction of sp³-hybridized carbons (Fsp3) is 1.00. The molecule has 3 heteroatoms. The van der Waals surface area contributed by atoms with Gasteiger partial charge in [-0.15, -0.1) is 0 Å². The van der Waals surface area contributed by atoms with Crippen LogP contribution >= 0.6 is 0 Å². The normalized spacial score (nSPS) is 15.2. The zero-order valence-corrected chi connectivity index (χ0v) is 22.1. The van der Waals surface area contributed by atoms with Gasteiger partial charge in [-0.3, -0.25) is 0 Å². The number of ether oxygens (including phenoxy) is 3. The second-order valence-electron chi connectivity index (χ2n) is 10.5. The second-order valence-corrected chi connectivity index (χ2v) is 10.5. The smallest absolute Gasteiger partial charge is 0.0637 e. The van der Waals surface area contributed by atoms with Crippen LogP contribution in [0.3, 0.4) is 0 Å². The molecule has 0 amide bonds. The van der Waals surface area contributed by atoms with Crippen LogP contribution in [0, 0.1) is 5.41 Å². The highest BCUT2D eigenvalue weighted by Crippen LogP contribution is 2.28. The van der Waals surface area contributed by atoms with Gasteiger partial charge in [-0.1, -0.05) is 129 Å². The van der Waals surface area contributed by atoms with Crippen molar-refractivity contribution in [1.82, 2.24) is 0 Å². The summed E-state index contributed by atoms with van der Waals surface area (Å²) in [6, 6.07) is 0. The standard InChI is InChI=1S/C29H58O3/c1-3-5-7-9-11-13-15-17-19-21-23-30-25-29(27-32-28-29)26-31-24-22-20-18-16-14-12-10-8-6-4-2/h3-28H2,1-2H3. The van der Waals surface area contributed by atoms with Crippen molar-refractivity contribution in [2.24, 2.45) is 5.41 Å². The van der Waals surface area contributed by atoms with E-state index in [-0.39, 0.29) is 5.41 Å². The molecule has 192 valence electrons. The molecule has 1 saturated heterocycles. The Morgan fingerprint density at radius 2 is 0.781 bits per heavy atom. The summed E-state index contributed by atoms with van der Waals surface area (Å²) in [6.45, 7) is 9.60. The van der Waals surface area contributed by atoms with Crippen LogP contribution < -0.4 is 0 Å². The Balaban J connectivity index is 1.84. The first-order valence-electron chi connectivity index (χ1n) is 14.6. The van der Waals surface area contributed by atoms with Gasteiger partial charge in [-0.25, -0.2) is 0 Å². The molecule has 3 nitrogen and oxygen atoms in total. The van der Waals surface area contributed by atoms with Crippen molar-refractivity contribution in [3.63, 3.8) is 0 Å². The molecule has 1 rings (SSSR count). The lowest BCUT2D eigenvalue weighted by molar-refractivity contribution is -0.178. The van der Waals surface area contributed by atoms with Gasteiger partial charge in [0.1, 0.15) is 0 Å². The minimum Gasteiger partial charge on any atom is -0.381 e. The molecule has 0 aromatic rings. The van der Waals surface area contributed by atoms with Crippen molar-refractivity contribution in [1.29, 1.82) is 0 Å². The molecule has 0 saturated carbocycles. The molecule has 32 heavy (non-hydrogen) atoms. The molecule has 0 radical (unpaired) electrons. The topological polar surface area (TPSA) is 27.7 Å². The predicted octanol–water partition coefficient (Wildman–Crippen LogP) is 8.88. The molecule has 1 aliphatic heterocycles. The van der Waals surface area contributed by atoms with E-state index in [1.165, 1.54) is 128 Å². The summed E-state index contributed by atoms with van der Waals surface area (Å²) in [6.07, 6.45) is 27.5. The lowest BCUT2D eigenvalue weighted by Crippen LogP contribution is -2.49. The van der Waals surface area contributed by atoms with Crippen LogP contribution in [-0.2, 0) is 14.2 Å². The van der Waals surface area contributed by atoms with Crippen LogP contribution in [0.15, 0.2) is 0 Å². The van der Waals surface area contributed by atoms with Crippen LogP contribution in [0.25, 0.3) is 0 Å². The molecule has 0 bridgehead atoms. The number of hydrogen-bond acceptors (Lipinski definition) is 3.